The molecule has 2 aromatic rings. The van der Waals surface area contributed by atoms with E-state index in [1.54, 1.807) is 0 Å². The predicted molar refractivity (Wildman–Crippen MR) is 72.9 cm³/mol. The van der Waals surface area contributed by atoms with Gasteiger partial charge in [0.15, 0.2) is 0 Å². The molecule has 0 spiro atoms. The highest BCUT2D eigenvalue weighted by molar-refractivity contribution is 7.11. The van der Waals surface area contributed by atoms with Crippen molar-refractivity contribution in [1.29, 1.82) is 0 Å². The lowest BCUT2D eigenvalue weighted by molar-refractivity contribution is 0.283. The molecule has 0 aliphatic rings. The highest BCUT2D eigenvalue weighted by Gasteiger charge is 2.13. The van der Waals surface area contributed by atoms with E-state index < -0.39 is 0 Å². The second-order valence-electron chi connectivity index (χ2n) is 4.33. The average molecular weight is 263 g/mol. The lowest BCUT2D eigenvalue weighted by atomic mass is 10.1. The number of rotatable bonds is 5. The van der Waals surface area contributed by atoms with Gasteiger partial charge in [-0.3, -0.25) is 0 Å². The van der Waals surface area contributed by atoms with E-state index in [0.717, 1.165) is 21.3 Å². The van der Waals surface area contributed by atoms with Crippen molar-refractivity contribution < 1.29 is 9.84 Å². The summed E-state index contributed by atoms with van der Waals surface area (Å²) in [6.45, 7) is 4.66. The number of hydrogen-bond donors (Lipinski definition) is 1. The summed E-state index contributed by atoms with van der Waals surface area (Å²) in [7, 11) is 0. The number of aliphatic hydroxyl groups excluding tert-OH is 1. The quantitative estimate of drug-likeness (QED) is 0.899. The topological polar surface area (TPSA) is 42.4 Å². The SMILES string of the molecule is CC(C)c1nc(COc2ccccc2)sc1CO. The van der Waals surface area contributed by atoms with Crippen molar-refractivity contribution in [3.8, 4) is 5.75 Å². The first-order valence-corrected chi connectivity index (χ1v) is 6.79. The lowest BCUT2D eigenvalue weighted by Crippen LogP contribution is -1.96. The lowest BCUT2D eigenvalue weighted by Gasteiger charge is -2.03. The van der Waals surface area contributed by atoms with Crippen LogP contribution in [0.1, 0.15) is 35.3 Å². The Morgan fingerprint density at radius 2 is 2.00 bits per heavy atom. The molecule has 0 unspecified atom stereocenters. The Morgan fingerprint density at radius 1 is 1.28 bits per heavy atom. The van der Waals surface area contributed by atoms with Gasteiger partial charge in [0.25, 0.3) is 0 Å². The van der Waals surface area contributed by atoms with Gasteiger partial charge in [0.1, 0.15) is 17.4 Å². The van der Waals surface area contributed by atoms with E-state index in [2.05, 4.69) is 18.8 Å². The second-order valence-corrected chi connectivity index (χ2v) is 5.50. The number of para-hydroxylation sites is 1. The van der Waals surface area contributed by atoms with Crippen LogP contribution >= 0.6 is 11.3 Å². The normalized spacial score (nSPS) is 10.9. The Balaban J connectivity index is 2.06. The molecule has 18 heavy (non-hydrogen) atoms. The third-order valence-electron chi connectivity index (χ3n) is 2.57. The van der Waals surface area contributed by atoms with Crippen molar-refractivity contribution in [2.45, 2.75) is 33.0 Å². The fourth-order valence-corrected chi connectivity index (χ4v) is 2.70. The summed E-state index contributed by atoms with van der Waals surface area (Å²) in [5, 5.41) is 10.2. The largest absolute Gasteiger partial charge is 0.486 e. The fraction of sp³-hybridized carbons (Fsp3) is 0.357. The zero-order chi connectivity index (χ0) is 13.0. The van der Waals surface area contributed by atoms with Crippen molar-refractivity contribution in [2.75, 3.05) is 0 Å². The van der Waals surface area contributed by atoms with Gasteiger partial charge < -0.3 is 9.84 Å². The molecular weight excluding hydrogens is 246 g/mol. The van der Waals surface area contributed by atoms with Gasteiger partial charge >= 0.3 is 0 Å². The van der Waals surface area contributed by atoms with Crippen LogP contribution in [0.5, 0.6) is 5.75 Å². The van der Waals surface area contributed by atoms with Crippen molar-refractivity contribution in [3.63, 3.8) is 0 Å². The highest BCUT2D eigenvalue weighted by Crippen LogP contribution is 2.26. The maximum Gasteiger partial charge on any atom is 0.140 e. The Bertz CT molecular complexity index is 494. The summed E-state index contributed by atoms with van der Waals surface area (Å²) in [6, 6.07) is 9.68. The van der Waals surface area contributed by atoms with Crippen molar-refractivity contribution in [1.82, 2.24) is 4.98 Å². The first-order chi connectivity index (χ1) is 8.70. The maximum atomic E-state index is 9.30. The van der Waals surface area contributed by atoms with Gasteiger partial charge in [0.05, 0.1) is 17.2 Å². The number of aliphatic hydroxyl groups is 1. The summed E-state index contributed by atoms with van der Waals surface area (Å²) >= 11 is 1.52. The molecule has 0 saturated carbocycles. The van der Waals surface area contributed by atoms with Gasteiger partial charge in [-0.15, -0.1) is 11.3 Å². The smallest absolute Gasteiger partial charge is 0.140 e. The molecule has 2 rings (SSSR count). The Kier molecular flexibility index (Phi) is 4.33. The number of benzene rings is 1. The monoisotopic (exact) mass is 263 g/mol. The Hall–Kier alpha value is -1.39. The van der Waals surface area contributed by atoms with Crippen LogP contribution in [0, 0.1) is 0 Å². The number of ether oxygens (including phenoxy) is 1. The fourth-order valence-electron chi connectivity index (χ4n) is 1.70. The van der Waals surface area contributed by atoms with Crippen molar-refractivity contribution in [2.24, 2.45) is 0 Å². The molecule has 96 valence electrons. The molecule has 4 heteroatoms. The molecule has 0 aliphatic heterocycles. The van der Waals surface area contributed by atoms with Crippen LogP contribution in [0.2, 0.25) is 0 Å². The Labute approximate surface area is 111 Å². The molecule has 1 heterocycles. The molecule has 0 atom stereocenters. The van der Waals surface area contributed by atoms with E-state index >= 15 is 0 Å². The molecule has 0 amide bonds. The molecule has 0 bridgehead atoms. The summed E-state index contributed by atoms with van der Waals surface area (Å²) < 4.78 is 5.65. The summed E-state index contributed by atoms with van der Waals surface area (Å²) in [6.07, 6.45) is 0. The van der Waals surface area contributed by atoms with E-state index in [1.165, 1.54) is 11.3 Å². The molecule has 1 aromatic heterocycles. The molecule has 1 N–H and O–H groups in total. The van der Waals surface area contributed by atoms with Crippen LogP contribution in [0.15, 0.2) is 30.3 Å². The minimum atomic E-state index is 0.0521. The van der Waals surface area contributed by atoms with E-state index in [-0.39, 0.29) is 6.61 Å². The molecule has 0 radical (unpaired) electrons. The minimum absolute atomic E-state index is 0.0521. The van der Waals surface area contributed by atoms with Crippen LogP contribution < -0.4 is 4.74 Å². The van der Waals surface area contributed by atoms with Gasteiger partial charge in [-0.25, -0.2) is 4.98 Å². The third kappa shape index (κ3) is 3.09. The van der Waals surface area contributed by atoms with E-state index in [4.69, 9.17) is 4.74 Å². The van der Waals surface area contributed by atoms with Crippen LogP contribution in [0.25, 0.3) is 0 Å². The number of thiazole rings is 1. The maximum absolute atomic E-state index is 9.30. The zero-order valence-corrected chi connectivity index (χ0v) is 11.4. The van der Waals surface area contributed by atoms with E-state index in [9.17, 15) is 5.11 Å². The van der Waals surface area contributed by atoms with Gasteiger partial charge in [0.2, 0.25) is 0 Å². The van der Waals surface area contributed by atoms with Crippen LogP contribution in [-0.2, 0) is 13.2 Å². The highest BCUT2D eigenvalue weighted by atomic mass is 32.1. The average Bonchev–Trinajstić information content (AvgIpc) is 2.81. The summed E-state index contributed by atoms with van der Waals surface area (Å²) in [5.74, 6) is 1.17. The van der Waals surface area contributed by atoms with Gasteiger partial charge in [0, 0.05) is 0 Å². The minimum Gasteiger partial charge on any atom is -0.486 e. The summed E-state index contributed by atoms with van der Waals surface area (Å²) in [5.41, 5.74) is 0.981. The zero-order valence-electron chi connectivity index (χ0n) is 10.6. The first kappa shape index (κ1) is 13.1. The van der Waals surface area contributed by atoms with Crippen LogP contribution in [-0.4, -0.2) is 10.1 Å². The molecule has 0 saturated heterocycles. The van der Waals surface area contributed by atoms with Gasteiger partial charge in [-0.05, 0) is 18.1 Å². The molecule has 0 fully saturated rings. The Morgan fingerprint density at radius 3 is 2.56 bits per heavy atom. The van der Waals surface area contributed by atoms with Gasteiger partial charge in [-0.2, -0.15) is 0 Å². The molecule has 1 aromatic carbocycles. The van der Waals surface area contributed by atoms with Gasteiger partial charge in [-0.1, -0.05) is 32.0 Å². The molecular formula is C14H17NO2S. The number of nitrogens with zero attached hydrogens (tertiary/aromatic N) is 1. The van der Waals surface area contributed by atoms with Crippen LogP contribution in [0.3, 0.4) is 0 Å². The standard InChI is InChI=1S/C14H17NO2S/c1-10(2)14-12(8-16)18-13(15-14)9-17-11-6-4-3-5-7-11/h3-7,10,16H,8-9H2,1-2H3. The van der Waals surface area contributed by atoms with Crippen molar-refractivity contribution in [3.05, 3.63) is 45.9 Å². The van der Waals surface area contributed by atoms with Crippen molar-refractivity contribution >= 4 is 11.3 Å². The van der Waals surface area contributed by atoms with Crippen LogP contribution in [0.4, 0.5) is 0 Å². The number of hydrogen-bond acceptors (Lipinski definition) is 4. The predicted octanol–water partition coefficient (Wildman–Crippen LogP) is 3.34. The van der Waals surface area contributed by atoms with E-state index in [1.807, 2.05) is 30.3 Å². The summed E-state index contributed by atoms with van der Waals surface area (Å²) in [4.78, 5) is 5.47. The second kappa shape index (κ2) is 5.98. The molecule has 3 nitrogen and oxygen atoms in total. The number of aromatic nitrogens is 1. The third-order valence-corrected chi connectivity index (χ3v) is 3.60. The van der Waals surface area contributed by atoms with E-state index in [0.29, 0.717) is 12.5 Å². The first-order valence-electron chi connectivity index (χ1n) is 5.98. The molecule has 0 aliphatic carbocycles.